The van der Waals surface area contributed by atoms with E-state index < -0.39 is 0 Å². The van der Waals surface area contributed by atoms with E-state index in [4.69, 9.17) is 0 Å². The van der Waals surface area contributed by atoms with Crippen molar-refractivity contribution in [2.45, 2.75) is 16.7 Å². The van der Waals surface area contributed by atoms with Gasteiger partial charge in [-0.15, -0.1) is 0 Å². The number of aromatic nitrogens is 1. The molecule has 0 radical (unpaired) electrons. The molecule has 44 heavy (non-hydrogen) atoms. The molecule has 2 nitrogen and oxygen atoms in total. The maximum absolute atomic E-state index is 3.94. The van der Waals surface area contributed by atoms with E-state index in [1.165, 1.54) is 81.2 Å². The monoisotopic (exact) mass is 580 g/mol. The van der Waals surface area contributed by atoms with Crippen LogP contribution in [-0.2, 0) is 0 Å². The molecule has 1 N–H and O–H groups in total. The third-order valence-corrected chi connectivity index (χ3v) is 11.0. The number of hydrogen-bond acceptors (Lipinski definition) is 2. The Hall–Kier alpha value is -4.99. The normalized spacial score (nSPS) is 17.8. The molecule has 0 saturated heterocycles. The van der Waals surface area contributed by atoms with Gasteiger partial charge in [0.05, 0.1) is 22.1 Å². The zero-order chi connectivity index (χ0) is 28.8. The quantitative estimate of drug-likeness (QED) is 0.205. The summed E-state index contributed by atoms with van der Waals surface area (Å²) in [5, 5.41) is 17.3. The molecule has 0 bridgehead atoms. The van der Waals surface area contributed by atoms with Crippen LogP contribution in [0.5, 0.6) is 0 Å². The number of thioether (sulfide) groups is 1. The van der Waals surface area contributed by atoms with Crippen molar-refractivity contribution in [2.24, 2.45) is 5.92 Å². The van der Waals surface area contributed by atoms with Gasteiger partial charge in [0.2, 0.25) is 0 Å². The fraction of sp³-hybridized carbons (Fsp3) is 0.0732. The van der Waals surface area contributed by atoms with Gasteiger partial charge < -0.3 is 9.88 Å². The lowest BCUT2D eigenvalue weighted by Crippen LogP contribution is -2.21. The van der Waals surface area contributed by atoms with Gasteiger partial charge in [0.25, 0.3) is 0 Å². The number of hydrogen-bond donors (Lipinski definition) is 1. The Bertz CT molecular complexity index is 2460. The van der Waals surface area contributed by atoms with Crippen molar-refractivity contribution in [2.75, 3.05) is 5.32 Å². The third-order valence-electron chi connectivity index (χ3n) is 9.69. The Morgan fingerprint density at radius 1 is 0.591 bits per heavy atom. The molecule has 2 heterocycles. The minimum atomic E-state index is 0.355. The van der Waals surface area contributed by atoms with Crippen LogP contribution in [0, 0.1) is 5.92 Å². The number of benzene rings is 7. The Morgan fingerprint density at radius 3 is 1.98 bits per heavy atom. The highest BCUT2D eigenvalue weighted by Crippen LogP contribution is 2.48. The first-order valence-corrected chi connectivity index (χ1v) is 16.3. The lowest BCUT2D eigenvalue weighted by molar-refractivity contribution is 0.662. The van der Waals surface area contributed by atoms with Gasteiger partial charge in [-0.3, -0.25) is 0 Å². The molecule has 0 fully saturated rings. The first kappa shape index (κ1) is 24.5. The second-order valence-electron chi connectivity index (χ2n) is 12.1. The number of nitrogens with one attached hydrogen (secondary N) is 1. The summed E-state index contributed by atoms with van der Waals surface area (Å²) in [6, 6.07) is 42.9. The molecular formula is C41H28N2S. The van der Waals surface area contributed by atoms with E-state index >= 15 is 0 Å². The van der Waals surface area contributed by atoms with E-state index in [9.17, 15) is 0 Å². The van der Waals surface area contributed by atoms with Gasteiger partial charge in [-0.05, 0) is 74.5 Å². The Labute approximate surface area is 259 Å². The second-order valence-corrected chi connectivity index (χ2v) is 13.3. The first-order chi connectivity index (χ1) is 21.8. The minimum absolute atomic E-state index is 0.355. The number of allylic oxidation sites excluding steroid dienone is 3. The molecule has 2 unspecified atom stereocenters. The summed E-state index contributed by atoms with van der Waals surface area (Å²) in [4.78, 5) is 1.35. The molecule has 2 atom stereocenters. The predicted octanol–water partition coefficient (Wildman–Crippen LogP) is 11.4. The van der Waals surface area contributed by atoms with Crippen LogP contribution < -0.4 is 5.32 Å². The molecule has 0 saturated carbocycles. The largest absolute Gasteiger partial charge is 0.371 e. The van der Waals surface area contributed by atoms with E-state index in [2.05, 4.69) is 149 Å². The van der Waals surface area contributed by atoms with E-state index in [1.54, 1.807) is 0 Å². The highest BCUT2D eigenvalue weighted by atomic mass is 32.2. The van der Waals surface area contributed by atoms with Crippen LogP contribution >= 0.6 is 11.8 Å². The average molecular weight is 581 g/mol. The molecule has 208 valence electrons. The van der Waals surface area contributed by atoms with Crippen LogP contribution in [0.1, 0.15) is 6.42 Å². The van der Waals surface area contributed by atoms with Gasteiger partial charge >= 0.3 is 0 Å². The molecule has 7 aromatic carbocycles. The third kappa shape index (κ3) is 3.45. The van der Waals surface area contributed by atoms with Gasteiger partial charge in [-0.1, -0.05) is 121 Å². The summed E-state index contributed by atoms with van der Waals surface area (Å²) < 4.78 is 2.47. The Kier molecular flexibility index (Phi) is 5.14. The lowest BCUT2D eigenvalue weighted by Gasteiger charge is -2.20. The average Bonchev–Trinajstić information content (AvgIpc) is 3.68. The fourth-order valence-corrected chi connectivity index (χ4v) is 8.91. The minimum Gasteiger partial charge on any atom is -0.371 e. The van der Waals surface area contributed by atoms with Crippen LogP contribution in [0.15, 0.2) is 144 Å². The van der Waals surface area contributed by atoms with Gasteiger partial charge in [-0.25, -0.2) is 0 Å². The summed E-state index contributed by atoms with van der Waals surface area (Å²) >= 11 is 1.97. The topological polar surface area (TPSA) is 17.0 Å². The summed E-state index contributed by atoms with van der Waals surface area (Å²) in [6.45, 7) is 0. The van der Waals surface area contributed by atoms with Crippen LogP contribution in [0.3, 0.4) is 0 Å². The van der Waals surface area contributed by atoms with Crippen molar-refractivity contribution >= 4 is 82.3 Å². The maximum atomic E-state index is 3.94. The number of rotatable bonds is 2. The summed E-state index contributed by atoms with van der Waals surface area (Å²) in [5.74, 6) is 0.497. The Morgan fingerprint density at radius 2 is 1.25 bits per heavy atom. The van der Waals surface area contributed by atoms with E-state index in [0.717, 1.165) is 6.42 Å². The van der Waals surface area contributed by atoms with Gasteiger partial charge in [0, 0.05) is 32.7 Å². The maximum Gasteiger partial charge on any atom is 0.0836 e. The predicted molar refractivity (Wildman–Crippen MR) is 190 cm³/mol. The van der Waals surface area contributed by atoms with Crippen molar-refractivity contribution in [1.29, 1.82) is 0 Å². The van der Waals surface area contributed by atoms with Gasteiger partial charge in [0.15, 0.2) is 0 Å². The zero-order valence-corrected chi connectivity index (χ0v) is 24.8. The molecule has 1 aliphatic carbocycles. The molecule has 0 spiro atoms. The summed E-state index contributed by atoms with van der Waals surface area (Å²) in [7, 11) is 0. The van der Waals surface area contributed by atoms with E-state index in [-0.39, 0.29) is 0 Å². The standard InChI is InChI=1S/C41H28N2S/c1-2-10-28(11-3-1)41-42-40-36(44-41)23-18-27-14-15-29-24-30(19-20-33(29)37(27)40)43-34-21-16-25-8-4-6-12-31(25)38(34)39-32-13-7-5-9-26(32)17-22-35(39)43/h1-10,12-24,28,41-42H,11H2. The fourth-order valence-electron chi connectivity index (χ4n) is 7.66. The van der Waals surface area contributed by atoms with Crippen LogP contribution in [-0.4, -0.2) is 9.94 Å². The van der Waals surface area contributed by atoms with Crippen molar-refractivity contribution in [3.05, 3.63) is 140 Å². The first-order valence-electron chi connectivity index (χ1n) is 15.4. The van der Waals surface area contributed by atoms with Crippen molar-refractivity contribution in [1.82, 2.24) is 4.57 Å². The van der Waals surface area contributed by atoms with Crippen molar-refractivity contribution in [3.63, 3.8) is 0 Å². The Balaban J connectivity index is 1.21. The number of nitrogens with zero attached hydrogens (tertiary/aromatic N) is 1. The van der Waals surface area contributed by atoms with Gasteiger partial charge in [0.1, 0.15) is 0 Å². The lowest BCUT2D eigenvalue weighted by atomic mass is 9.98. The van der Waals surface area contributed by atoms with E-state index in [0.29, 0.717) is 11.3 Å². The molecule has 8 aromatic rings. The smallest absolute Gasteiger partial charge is 0.0836 e. The van der Waals surface area contributed by atoms with Crippen molar-refractivity contribution < 1.29 is 0 Å². The second kappa shape index (κ2) is 9.25. The zero-order valence-electron chi connectivity index (χ0n) is 24.0. The number of fused-ring (bicyclic) bond motifs is 12. The van der Waals surface area contributed by atoms with Crippen LogP contribution in [0.25, 0.3) is 70.6 Å². The summed E-state index contributed by atoms with van der Waals surface area (Å²) in [6.07, 6.45) is 10.1. The molecule has 0 amide bonds. The highest BCUT2D eigenvalue weighted by Gasteiger charge is 2.29. The molecular weight excluding hydrogens is 553 g/mol. The van der Waals surface area contributed by atoms with Gasteiger partial charge in [-0.2, -0.15) is 0 Å². The van der Waals surface area contributed by atoms with E-state index in [1.807, 2.05) is 11.8 Å². The molecule has 2 aliphatic rings. The summed E-state index contributed by atoms with van der Waals surface area (Å²) in [5.41, 5.74) is 4.96. The molecule has 3 heteroatoms. The molecule has 1 aromatic heterocycles. The SMILES string of the molecule is C1=CCC(C2Nc3c(ccc4ccc5cc(-n6c7ccc8ccccc8c7c7c8ccccc8ccc76)ccc5c34)S2)C=C1. The highest BCUT2D eigenvalue weighted by molar-refractivity contribution is 8.00. The van der Waals surface area contributed by atoms with Crippen LogP contribution in [0.4, 0.5) is 5.69 Å². The number of anilines is 1. The molecule has 10 rings (SSSR count). The van der Waals surface area contributed by atoms with Crippen molar-refractivity contribution in [3.8, 4) is 5.69 Å². The molecule has 1 aliphatic heterocycles. The van der Waals surface area contributed by atoms with Crippen LogP contribution in [0.2, 0.25) is 0 Å².